The number of rotatable bonds is 6. The summed E-state index contributed by atoms with van der Waals surface area (Å²) in [4.78, 5) is 9.16. The summed E-state index contributed by atoms with van der Waals surface area (Å²) < 4.78 is 1.86. The minimum atomic E-state index is 0. The molecule has 0 bridgehead atoms. The predicted octanol–water partition coefficient (Wildman–Crippen LogP) is 2.97. The van der Waals surface area contributed by atoms with Crippen LogP contribution < -0.4 is 10.6 Å². The molecule has 136 valence electrons. The molecule has 0 saturated heterocycles. The summed E-state index contributed by atoms with van der Waals surface area (Å²) in [5, 5.41) is 11.2. The Balaban J connectivity index is 0.00000225. The molecule has 1 saturated carbocycles. The lowest BCUT2D eigenvalue weighted by molar-refractivity contribution is 0.739. The number of hydrogen-bond donors (Lipinski definition) is 2. The van der Waals surface area contributed by atoms with Crippen LogP contribution in [0.4, 0.5) is 0 Å². The SMILES string of the molecule is CCNC(=NCc1ccc(-n2nc(C)cc2C)nc1)NCC1CC1.I. The highest BCUT2D eigenvalue weighted by molar-refractivity contribution is 14.0. The molecule has 0 aromatic carbocycles. The molecule has 2 aromatic heterocycles. The van der Waals surface area contributed by atoms with E-state index < -0.39 is 0 Å². The van der Waals surface area contributed by atoms with Gasteiger partial charge in [0.05, 0.1) is 12.2 Å². The van der Waals surface area contributed by atoms with Gasteiger partial charge >= 0.3 is 0 Å². The Bertz CT molecular complexity index is 703. The van der Waals surface area contributed by atoms with Crippen LogP contribution in [0, 0.1) is 19.8 Å². The van der Waals surface area contributed by atoms with Gasteiger partial charge in [-0.3, -0.25) is 0 Å². The Morgan fingerprint density at radius 1 is 1.28 bits per heavy atom. The summed E-state index contributed by atoms with van der Waals surface area (Å²) in [7, 11) is 0. The van der Waals surface area contributed by atoms with E-state index in [0.717, 1.165) is 47.7 Å². The van der Waals surface area contributed by atoms with Gasteiger partial charge in [0.15, 0.2) is 11.8 Å². The van der Waals surface area contributed by atoms with Gasteiger partial charge in [-0.2, -0.15) is 5.10 Å². The Morgan fingerprint density at radius 2 is 2.08 bits per heavy atom. The van der Waals surface area contributed by atoms with Gasteiger partial charge in [-0.1, -0.05) is 6.07 Å². The van der Waals surface area contributed by atoms with Gasteiger partial charge in [0.2, 0.25) is 0 Å². The molecule has 2 aromatic rings. The van der Waals surface area contributed by atoms with Gasteiger partial charge in [-0.25, -0.2) is 14.7 Å². The van der Waals surface area contributed by atoms with Crippen molar-refractivity contribution in [3.8, 4) is 5.82 Å². The van der Waals surface area contributed by atoms with E-state index in [1.807, 2.05) is 36.9 Å². The van der Waals surface area contributed by atoms with Gasteiger partial charge in [0, 0.05) is 25.0 Å². The zero-order valence-electron chi connectivity index (χ0n) is 15.1. The van der Waals surface area contributed by atoms with E-state index in [-0.39, 0.29) is 24.0 Å². The second kappa shape index (κ2) is 9.17. The maximum Gasteiger partial charge on any atom is 0.191 e. The molecular weight excluding hydrogens is 427 g/mol. The van der Waals surface area contributed by atoms with Crippen LogP contribution in [0.2, 0.25) is 0 Å². The molecular formula is C18H27IN6. The fourth-order valence-electron chi connectivity index (χ4n) is 2.57. The van der Waals surface area contributed by atoms with E-state index in [1.54, 1.807) is 0 Å². The van der Waals surface area contributed by atoms with Crippen molar-refractivity contribution in [2.75, 3.05) is 13.1 Å². The molecule has 1 aliphatic rings. The molecule has 0 atom stereocenters. The molecule has 2 heterocycles. The number of nitrogens with one attached hydrogen (secondary N) is 2. The van der Waals surface area contributed by atoms with E-state index >= 15 is 0 Å². The molecule has 0 amide bonds. The maximum absolute atomic E-state index is 4.64. The second-order valence-electron chi connectivity index (χ2n) is 6.38. The highest BCUT2D eigenvalue weighted by atomic mass is 127. The second-order valence-corrected chi connectivity index (χ2v) is 6.38. The van der Waals surface area contributed by atoms with Gasteiger partial charge < -0.3 is 10.6 Å². The van der Waals surface area contributed by atoms with Crippen LogP contribution >= 0.6 is 24.0 Å². The van der Waals surface area contributed by atoms with E-state index in [1.165, 1.54) is 12.8 Å². The lowest BCUT2D eigenvalue weighted by Crippen LogP contribution is -2.38. The first-order valence-corrected chi connectivity index (χ1v) is 8.66. The Labute approximate surface area is 166 Å². The van der Waals surface area contributed by atoms with Crippen molar-refractivity contribution in [3.63, 3.8) is 0 Å². The summed E-state index contributed by atoms with van der Waals surface area (Å²) in [6, 6.07) is 6.11. The van der Waals surface area contributed by atoms with Crippen molar-refractivity contribution in [3.05, 3.63) is 41.3 Å². The minimum Gasteiger partial charge on any atom is -0.357 e. The highest BCUT2D eigenvalue weighted by Crippen LogP contribution is 2.27. The summed E-state index contributed by atoms with van der Waals surface area (Å²) >= 11 is 0. The first kappa shape index (κ1) is 19.7. The van der Waals surface area contributed by atoms with Crippen molar-refractivity contribution in [2.24, 2.45) is 10.9 Å². The fraction of sp³-hybridized carbons (Fsp3) is 0.500. The van der Waals surface area contributed by atoms with E-state index in [0.29, 0.717) is 6.54 Å². The van der Waals surface area contributed by atoms with Crippen LogP contribution in [0.5, 0.6) is 0 Å². The number of guanidine groups is 1. The van der Waals surface area contributed by atoms with Crippen molar-refractivity contribution in [1.29, 1.82) is 0 Å². The monoisotopic (exact) mass is 454 g/mol. The number of aryl methyl sites for hydroxylation is 2. The topological polar surface area (TPSA) is 67.1 Å². The standard InChI is InChI=1S/C18H26N6.HI/c1-4-19-18(21-10-15-5-6-15)22-12-16-7-8-17(20-11-16)24-14(3)9-13(2)23-24;/h7-9,11,15H,4-6,10,12H2,1-3H3,(H2,19,21,22);1H. The normalized spacial score (nSPS) is 14.1. The first-order valence-electron chi connectivity index (χ1n) is 8.66. The Hall–Kier alpha value is -1.64. The average molecular weight is 454 g/mol. The molecule has 7 heteroatoms. The third-order valence-corrected chi connectivity index (χ3v) is 4.05. The number of hydrogen-bond acceptors (Lipinski definition) is 3. The number of nitrogens with zero attached hydrogens (tertiary/aromatic N) is 4. The van der Waals surface area contributed by atoms with E-state index in [2.05, 4.69) is 38.7 Å². The van der Waals surface area contributed by atoms with Crippen molar-refractivity contribution in [1.82, 2.24) is 25.4 Å². The molecule has 6 nitrogen and oxygen atoms in total. The molecule has 1 fully saturated rings. The van der Waals surface area contributed by atoms with Gasteiger partial charge in [0.1, 0.15) is 0 Å². The fourth-order valence-corrected chi connectivity index (χ4v) is 2.57. The van der Waals surface area contributed by atoms with E-state index in [4.69, 9.17) is 0 Å². The number of aliphatic imine (C=N–C) groups is 1. The quantitative estimate of drug-likeness (QED) is 0.400. The van der Waals surface area contributed by atoms with Crippen LogP contribution in [-0.4, -0.2) is 33.8 Å². The third-order valence-electron chi connectivity index (χ3n) is 4.05. The summed E-state index contributed by atoms with van der Waals surface area (Å²) in [5.74, 6) is 2.55. The van der Waals surface area contributed by atoms with Crippen LogP contribution in [0.1, 0.15) is 36.7 Å². The van der Waals surface area contributed by atoms with Crippen LogP contribution in [0.15, 0.2) is 29.4 Å². The molecule has 0 spiro atoms. The van der Waals surface area contributed by atoms with Gasteiger partial charge in [-0.15, -0.1) is 24.0 Å². The molecule has 2 N–H and O–H groups in total. The highest BCUT2D eigenvalue weighted by Gasteiger charge is 2.21. The molecule has 0 aliphatic heterocycles. The summed E-state index contributed by atoms with van der Waals surface area (Å²) in [5.41, 5.74) is 3.17. The lowest BCUT2D eigenvalue weighted by atomic mass is 10.3. The Kier molecular flexibility index (Phi) is 7.22. The van der Waals surface area contributed by atoms with Gasteiger partial charge in [-0.05, 0) is 57.2 Å². The molecule has 1 aliphatic carbocycles. The van der Waals surface area contributed by atoms with Crippen LogP contribution in [0.3, 0.4) is 0 Å². The molecule has 3 rings (SSSR count). The van der Waals surface area contributed by atoms with E-state index in [9.17, 15) is 0 Å². The molecule has 25 heavy (non-hydrogen) atoms. The lowest BCUT2D eigenvalue weighted by Gasteiger charge is -2.10. The predicted molar refractivity (Wildman–Crippen MR) is 112 cm³/mol. The van der Waals surface area contributed by atoms with Crippen LogP contribution in [0.25, 0.3) is 5.82 Å². The minimum absolute atomic E-state index is 0. The smallest absolute Gasteiger partial charge is 0.191 e. The number of aromatic nitrogens is 3. The molecule has 0 radical (unpaired) electrons. The zero-order valence-corrected chi connectivity index (χ0v) is 17.4. The van der Waals surface area contributed by atoms with Crippen molar-refractivity contribution in [2.45, 2.75) is 40.2 Å². The molecule has 0 unspecified atom stereocenters. The van der Waals surface area contributed by atoms with Gasteiger partial charge in [0.25, 0.3) is 0 Å². The van der Waals surface area contributed by atoms with Crippen molar-refractivity contribution < 1.29 is 0 Å². The first-order chi connectivity index (χ1) is 11.7. The summed E-state index contributed by atoms with van der Waals surface area (Å²) in [6.45, 7) is 8.60. The summed E-state index contributed by atoms with van der Waals surface area (Å²) in [6.07, 6.45) is 4.55. The van der Waals surface area contributed by atoms with Crippen LogP contribution in [-0.2, 0) is 6.54 Å². The van der Waals surface area contributed by atoms with Crippen molar-refractivity contribution >= 4 is 29.9 Å². The Morgan fingerprint density at radius 3 is 2.64 bits per heavy atom. The third kappa shape index (κ3) is 5.69. The largest absolute Gasteiger partial charge is 0.357 e. The zero-order chi connectivity index (χ0) is 16.9. The number of halogens is 1. The maximum atomic E-state index is 4.64. The number of pyridine rings is 1. The average Bonchev–Trinajstić information content (AvgIpc) is 3.34.